The number of hydrogen-bond donors (Lipinski definition) is 0. The Hall–Kier alpha value is -2.78. The zero-order chi connectivity index (χ0) is 34.4. The van der Waals surface area contributed by atoms with Crippen molar-refractivity contribution in [1.29, 1.82) is 0 Å². The van der Waals surface area contributed by atoms with Gasteiger partial charge in [-0.15, -0.1) is 0 Å². The predicted molar refractivity (Wildman–Crippen MR) is 239 cm³/mol. The summed E-state index contributed by atoms with van der Waals surface area (Å²) < 4.78 is 0. The van der Waals surface area contributed by atoms with Crippen LogP contribution in [0.4, 0.5) is 0 Å². The Morgan fingerprint density at radius 2 is 0.460 bits per heavy atom. The van der Waals surface area contributed by atoms with Crippen LogP contribution in [0, 0.1) is 0 Å². The first kappa shape index (κ1) is 35.6. The van der Waals surface area contributed by atoms with Crippen molar-refractivity contribution in [2.45, 2.75) is 12.3 Å². The fraction of sp³-hybridized carbons (Fsp3) is 0.0455. The van der Waals surface area contributed by atoms with Crippen LogP contribution in [0.2, 0.25) is 0 Å². The van der Waals surface area contributed by atoms with E-state index in [1.165, 1.54) is 43.0 Å². The Balaban J connectivity index is 1.42. The van der Waals surface area contributed by atoms with Gasteiger partial charge in [0.05, 0.1) is 0 Å². The summed E-state index contributed by atoms with van der Waals surface area (Å²) in [6.45, 7) is 1.04. The zero-order valence-corrected chi connectivity index (χ0v) is 34.7. The van der Waals surface area contributed by atoms with Crippen LogP contribution in [0.5, 0.6) is 0 Å². The second-order valence-electron chi connectivity index (χ2n) is 12.9. The third kappa shape index (κ3) is 5.82. The van der Waals surface area contributed by atoms with Crippen molar-refractivity contribution in [2.75, 3.05) is 0 Å². The standard InChI is InChI=1S/C44H40Br2P4/c45-47-49(39-19-7-1-8-20-39,40-21-9-2-10-22-40,41-23-11-3-12-24-41)35-37-31-33-38(34-32-37)36-50(48-46,42-25-13-4-14-26-42,43-27-15-5-16-28-43)44-29-17-6-18-30-44/h1-34,47-48H,35-36H2. The van der Waals surface area contributed by atoms with Crippen molar-refractivity contribution in [3.63, 3.8) is 0 Å². The fourth-order valence-corrected chi connectivity index (χ4v) is 37.5. The van der Waals surface area contributed by atoms with Crippen LogP contribution in [0.1, 0.15) is 11.1 Å². The van der Waals surface area contributed by atoms with Gasteiger partial charge in [0.25, 0.3) is 0 Å². The molecular weight excluding hydrogens is 812 g/mol. The molecule has 0 N–H and O–H groups in total. The monoisotopic (exact) mass is 850 g/mol. The summed E-state index contributed by atoms with van der Waals surface area (Å²) in [6.07, 6.45) is -4.15. The molecule has 0 aliphatic carbocycles. The van der Waals surface area contributed by atoms with Crippen LogP contribution in [0.15, 0.2) is 206 Å². The first-order valence-electron chi connectivity index (χ1n) is 16.8. The first-order chi connectivity index (χ1) is 24.6. The molecule has 0 aromatic heterocycles. The third-order valence-electron chi connectivity index (χ3n) is 10.4. The summed E-state index contributed by atoms with van der Waals surface area (Å²) in [5.41, 5.74) is 2.71. The first-order valence-corrected chi connectivity index (χ1v) is 29.8. The maximum absolute atomic E-state index is 4.23. The van der Waals surface area contributed by atoms with Gasteiger partial charge in [-0.1, -0.05) is 0 Å². The van der Waals surface area contributed by atoms with E-state index in [-0.39, 0.29) is 0 Å². The molecule has 2 unspecified atom stereocenters. The van der Waals surface area contributed by atoms with Crippen molar-refractivity contribution < 1.29 is 0 Å². The summed E-state index contributed by atoms with van der Waals surface area (Å²) in [7, 11) is 0. The molecule has 0 heterocycles. The average Bonchev–Trinajstić information content (AvgIpc) is 3.22. The van der Waals surface area contributed by atoms with Crippen LogP contribution in [0.25, 0.3) is 0 Å². The van der Waals surface area contributed by atoms with Crippen LogP contribution in [0.3, 0.4) is 0 Å². The molecule has 0 fully saturated rings. The molecule has 0 spiro atoms. The normalized spacial score (nSPS) is 13.9. The molecule has 0 amide bonds. The van der Waals surface area contributed by atoms with Crippen LogP contribution < -0.4 is 31.8 Å². The van der Waals surface area contributed by atoms with Gasteiger partial charge in [0.15, 0.2) is 0 Å². The summed E-state index contributed by atoms with van der Waals surface area (Å²) in [6, 6.07) is 77.3. The molecule has 0 aliphatic rings. The van der Waals surface area contributed by atoms with Crippen LogP contribution >= 0.6 is 57.5 Å². The van der Waals surface area contributed by atoms with E-state index in [2.05, 4.69) is 237 Å². The molecule has 0 saturated carbocycles. The van der Waals surface area contributed by atoms with Crippen molar-refractivity contribution in [3.8, 4) is 0 Å². The Labute approximate surface area is 316 Å². The van der Waals surface area contributed by atoms with Gasteiger partial charge in [0.2, 0.25) is 0 Å². The van der Waals surface area contributed by atoms with Gasteiger partial charge < -0.3 is 0 Å². The molecule has 0 saturated heterocycles. The van der Waals surface area contributed by atoms with E-state index >= 15 is 0 Å². The maximum atomic E-state index is 4.23. The van der Waals surface area contributed by atoms with Gasteiger partial charge in [0, 0.05) is 0 Å². The summed E-state index contributed by atoms with van der Waals surface area (Å²) in [5, 5.41) is 8.49. The average molecular weight is 853 g/mol. The van der Waals surface area contributed by atoms with Crippen molar-refractivity contribution in [1.82, 2.24) is 0 Å². The predicted octanol–water partition coefficient (Wildman–Crippen LogP) is 11.6. The van der Waals surface area contributed by atoms with Crippen molar-refractivity contribution >= 4 is 89.3 Å². The van der Waals surface area contributed by atoms with E-state index in [4.69, 9.17) is 0 Å². The van der Waals surface area contributed by atoms with Crippen molar-refractivity contribution in [3.05, 3.63) is 217 Å². The molecule has 250 valence electrons. The SMILES string of the molecule is BrPP(Cc1ccc(CP(PBr)(c2ccccc2)(c2ccccc2)c2ccccc2)cc1)(c1ccccc1)(c1ccccc1)c1ccccc1. The third-order valence-corrected chi connectivity index (χ3v) is 43.6. The topological polar surface area (TPSA) is 0 Å². The molecule has 0 nitrogen and oxygen atoms in total. The number of hydrogen-bond acceptors (Lipinski definition) is 0. The van der Waals surface area contributed by atoms with Crippen molar-refractivity contribution in [2.24, 2.45) is 0 Å². The van der Waals surface area contributed by atoms with Gasteiger partial charge in [-0.2, -0.15) is 0 Å². The van der Waals surface area contributed by atoms with Gasteiger partial charge in [0.1, 0.15) is 0 Å². The molecule has 7 aromatic rings. The minimum atomic E-state index is -3.01. The van der Waals surface area contributed by atoms with Crippen LogP contribution in [-0.4, -0.2) is 0 Å². The van der Waals surface area contributed by atoms with Gasteiger partial charge >= 0.3 is 319 Å². The number of benzene rings is 7. The summed E-state index contributed by atoms with van der Waals surface area (Å²) >= 11 is 8.47. The van der Waals surface area contributed by atoms with E-state index in [0.717, 1.165) is 12.3 Å². The summed E-state index contributed by atoms with van der Waals surface area (Å²) in [5.74, 6) is 0. The Morgan fingerprint density at radius 1 is 0.280 bits per heavy atom. The van der Waals surface area contributed by atoms with Gasteiger partial charge in [-0.25, -0.2) is 0 Å². The molecule has 6 heteroatoms. The number of rotatable bonds is 12. The van der Waals surface area contributed by atoms with Gasteiger partial charge in [-0.05, 0) is 0 Å². The molecule has 7 rings (SSSR count). The molecule has 0 radical (unpaired) electrons. The molecule has 7 aromatic carbocycles. The minimum absolute atomic E-state index is 0.518. The Morgan fingerprint density at radius 3 is 0.620 bits per heavy atom. The Bertz CT molecular complexity index is 1770. The quantitative estimate of drug-likeness (QED) is 0.107. The second-order valence-corrected chi connectivity index (χ2v) is 35.5. The van der Waals surface area contributed by atoms with E-state index in [0.29, 0.717) is 13.9 Å². The molecular formula is C44H40Br2P4. The molecule has 0 bridgehead atoms. The second kappa shape index (κ2) is 15.1. The van der Waals surface area contributed by atoms with Crippen LogP contribution in [-0.2, 0) is 12.3 Å². The van der Waals surface area contributed by atoms with E-state index in [9.17, 15) is 0 Å². The van der Waals surface area contributed by atoms with E-state index < -0.39 is 12.6 Å². The Kier molecular flexibility index (Phi) is 10.7. The zero-order valence-electron chi connectivity index (χ0n) is 27.7. The number of halogens is 2. The fourth-order valence-electron chi connectivity index (χ4n) is 7.82. The summed E-state index contributed by atoms with van der Waals surface area (Å²) in [4.78, 5) is 0. The van der Waals surface area contributed by atoms with Gasteiger partial charge in [-0.3, -0.25) is 0 Å². The van der Waals surface area contributed by atoms with E-state index in [1.807, 2.05) is 0 Å². The molecule has 0 aliphatic heterocycles. The molecule has 50 heavy (non-hydrogen) atoms. The molecule has 2 atom stereocenters. The van der Waals surface area contributed by atoms with E-state index in [1.54, 1.807) is 0 Å².